The highest BCUT2D eigenvalue weighted by atomic mass is 32.2. The molecule has 0 aromatic rings. The molecule has 0 bridgehead atoms. The van der Waals surface area contributed by atoms with Crippen molar-refractivity contribution in [3.05, 3.63) is 0 Å². The third-order valence-electron chi connectivity index (χ3n) is 2.33. The van der Waals surface area contributed by atoms with E-state index in [0.717, 1.165) is 12.8 Å². The molecule has 0 saturated carbocycles. The fraction of sp³-hybridized carbons (Fsp3) is 0.778. The zero-order valence-electron chi connectivity index (χ0n) is 8.52. The third-order valence-corrected chi connectivity index (χ3v) is 3.34. The van der Waals surface area contributed by atoms with Crippen LogP contribution in [0.3, 0.4) is 0 Å². The second-order valence-corrected chi connectivity index (χ2v) is 4.46. The Bertz CT molecular complexity index is 248. The van der Waals surface area contributed by atoms with E-state index in [4.69, 9.17) is 10.8 Å². The van der Waals surface area contributed by atoms with Crippen LogP contribution in [0.1, 0.15) is 19.3 Å². The van der Waals surface area contributed by atoms with Crippen molar-refractivity contribution in [2.24, 2.45) is 5.73 Å². The van der Waals surface area contributed by atoms with Crippen LogP contribution in [0.2, 0.25) is 0 Å². The van der Waals surface area contributed by atoms with Gasteiger partial charge in [0.05, 0.1) is 5.88 Å². The molecular weight excluding hydrogens is 216 g/mol. The van der Waals surface area contributed by atoms with Crippen LogP contribution in [0.15, 0.2) is 0 Å². The van der Waals surface area contributed by atoms with E-state index in [1.807, 2.05) is 0 Å². The summed E-state index contributed by atoms with van der Waals surface area (Å²) in [7, 11) is 0. The van der Waals surface area contributed by atoms with E-state index in [2.05, 4.69) is 0 Å². The number of thioether (sulfide) groups is 1. The Labute approximate surface area is 93.0 Å². The maximum Gasteiger partial charge on any atom is 0.327 e. The van der Waals surface area contributed by atoms with E-state index in [-0.39, 0.29) is 5.91 Å². The number of carboxylic acids is 1. The topological polar surface area (TPSA) is 83.6 Å². The molecule has 0 aliphatic carbocycles. The summed E-state index contributed by atoms with van der Waals surface area (Å²) < 4.78 is 0. The number of carboxylic acid groups (broad SMARTS) is 1. The predicted molar refractivity (Wildman–Crippen MR) is 58.5 cm³/mol. The van der Waals surface area contributed by atoms with Crippen molar-refractivity contribution in [1.29, 1.82) is 0 Å². The van der Waals surface area contributed by atoms with Crippen LogP contribution in [0.4, 0.5) is 0 Å². The van der Waals surface area contributed by atoms with Gasteiger partial charge in [-0.3, -0.25) is 4.79 Å². The molecule has 1 saturated heterocycles. The minimum absolute atomic E-state index is 0.0687. The number of carbonyl (C=O) groups excluding carboxylic acids is 1. The summed E-state index contributed by atoms with van der Waals surface area (Å²) in [5.74, 6) is 0.0177. The van der Waals surface area contributed by atoms with Crippen molar-refractivity contribution in [3.63, 3.8) is 0 Å². The molecule has 0 radical (unpaired) electrons. The van der Waals surface area contributed by atoms with E-state index < -0.39 is 12.0 Å². The number of hydrogen-bond acceptors (Lipinski definition) is 4. The summed E-state index contributed by atoms with van der Waals surface area (Å²) in [6.07, 6.45) is 1.95. The molecule has 0 aromatic carbocycles. The number of hydrogen-bond donors (Lipinski definition) is 2. The summed E-state index contributed by atoms with van der Waals surface area (Å²) in [6, 6.07) is -0.639. The van der Waals surface area contributed by atoms with Gasteiger partial charge in [0, 0.05) is 12.2 Å². The Balaban J connectivity index is 2.40. The lowest BCUT2D eigenvalue weighted by Crippen LogP contribution is -2.41. The Kier molecular flexibility index (Phi) is 4.90. The molecule has 1 heterocycles. The quantitative estimate of drug-likeness (QED) is 0.657. The van der Waals surface area contributed by atoms with Gasteiger partial charge in [-0.1, -0.05) is 0 Å². The number of carbonyl (C=O) groups is 2. The van der Waals surface area contributed by atoms with E-state index >= 15 is 0 Å². The summed E-state index contributed by atoms with van der Waals surface area (Å²) in [4.78, 5) is 23.9. The van der Waals surface area contributed by atoms with E-state index in [1.54, 1.807) is 0 Å². The molecule has 1 aliphatic rings. The van der Waals surface area contributed by atoms with E-state index in [0.29, 0.717) is 24.6 Å². The first-order valence-corrected chi connectivity index (χ1v) is 6.12. The molecule has 1 amide bonds. The lowest BCUT2D eigenvalue weighted by atomic mass is 10.2. The molecule has 5 nitrogen and oxygen atoms in total. The Hall–Kier alpha value is -0.750. The molecule has 15 heavy (non-hydrogen) atoms. The average Bonchev–Trinajstić information content (AvgIpc) is 2.66. The smallest absolute Gasteiger partial charge is 0.327 e. The number of aliphatic carboxylic acids is 1. The summed E-state index contributed by atoms with van der Waals surface area (Å²) in [5, 5.41) is 8.88. The highest BCUT2D eigenvalue weighted by Crippen LogP contribution is 2.22. The van der Waals surface area contributed by atoms with Gasteiger partial charge < -0.3 is 15.7 Å². The summed E-state index contributed by atoms with van der Waals surface area (Å²) in [6.45, 7) is 0.574. The van der Waals surface area contributed by atoms with Crippen molar-refractivity contribution < 1.29 is 14.7 Å². The van der Waals surface area contributed by atoms with Crippen LogP contribution in [0, 0.1) is 0 Å². The van der Waals surface area contributed by atoms with Gasteiger partial charge in [-0.15, -0.1) is 11.8 Å². The first kappa shape index (κ1) is 12.3. The predicted octanol–water partition coefficient (Wildman–Crippen LogP) is 0.101. The lowest BCUT2D eigenvalue weighted by Gasteiger charge is -2.20. The van der Waals surface area contributed by atoms with E-state index in [9.17, 15) is 9.59 Å². The molecule has 0 aromatic heterocycles. The standard InChI is InChI=1S/C9H16N2O3S/c10-4-2-1-3-8(12)11-6-15-5-7(11)9(13)14/h7H,1-6,10H2,(H,13,14). The monoisotopic (exact) mass is 232 g/mol. The molecule has 1 aliphatic heterocycles. The van der Waals surface area contributed by atoms with E-state index in [1.165, 1.54) is 16.7 Å². The molecule has 3 N–H and O–H groups in total. The van der Waals surface area contributed by atoms with Gasteiger partial charge in [-0.25, -0.2) is 4.79 Å². The first-order chi connectivity index (χ1) is 7.16. The van der Waals surface area contributed by atoms with Crippen LogP contribution in [0.5, 0.6) is 0 Å². The highest BCUT2D eigenvalue weighted by Gasteiger charge is 2.33. The van der Waals surface area contributed by atoms with Crippen LogP contribution in [0.25, 0.3) is 0 Å². The third kappa shape index (κ3) is 3.39. The molecule has 1 rings (SSSR count). The zero-order valence-corrected chi connectivity index (χ0v) is 9.33. The Morgan fingerprint density at radius 3 is 2.80 bits per heavy atom. The largest absolute Gasteiger partial charge is 0.480 e. The SMILES string of the molecule is NCCCCC(=O)N1CSCC1C(=O)O. The van der Waals surface area contributed by atoms with Crippen molar-refractivity contribution >= 4 is 23.6 Å². The fourth-order valence-corrected chi connectivity index (χ4v) is 2.63. The molecule has 86 valence electrons. The van der Waals surface area contributed by atoms with Gasteiger partial charge in [0.15, 0.2) is 0 Å². The van der Waals surface area contributed by atoms with Crippen molar-refractivity contribution in [3.8, 4) is 0 Å². The number of rotatable bonds is 5. The molecule has 1 atom stereocenters. The van der Waals surface area contributed by atoms with Crippen LogP contribution in [-0.2, 0) is 9.59 Å². The van der Waals surface area contributed by atoms with Gasteiger partial charge in [0.1, 0.15) is 6.04 Å². The van der Waals surface area contributed by atoms with Crippen LogP contribution >= 0.6 is 11.8 Å². The van der Waals surface area contributed by atoms with Gasteiger partial charge >= 0.3 is 5.97 Å². The molecule has 6 heteroatoms. The Morgan fingerprint density at radius 2 is 2.20 bits per heavy atom. The number of unbranched alkanes of at least 4 members (excludes halogenated alkanes) is 1. The van der Waals surface area contributed by atoms with Gasteiger partial charge in [-0.2, -0.15) is 0 Å². The second-order valence-electron chi connectivity index (χ2n) is 3.46. The van der Waals surface area contributed by atoms with Crippen LogP contribution < -0.4 is 5.73 Å². The van der Waals surface area contributed by atoms with Gasteiger partial charge in [0.2, 0.25) is 5.91 Å². The fourth-order valence-electron chi connectivity index (χ4n) is 1.46. The maximum absolute atomic E-state index is 11.6. The van der Waals surface area contributed by atoms with Crippen molar-refractivity contribution in [2.45, 2.75) is 25.3 Å². The Morgan fingerprint density at radius 1 is 1.47 bits per heavy atom. The molecule has 0 spiro atoms. The highest BCUT2D eigenvalue weighted by molar-refractivity contribution is 7.99. The molecule has 1 unspecified atom stereocenters. The van der Waals surface area contributed by atoms with Gasteiger partial charge in [0.25, 0.3) is 0 Å². The first-order valence-electron chi connectivity index (χ1n) is 4.97. The van der Waals surface area contributed by atoms with Crippen molar-refractivity contribution in [1.82, 2.24) is 4.90 Å². The second kappa shape index (κ2) is 5.97. The number of amides is 1. The maximum atomic E-state index is 11.6. The normalized spacial score (nSPS) is 20.6. The van der Waals surface area contributed by atoms with Gasteiger partial charge in [-0.05, 0) is 19.4 Å². The minimum atomic E-state index is -0.910. The van der Waals surface area contributed by atoms with Crippen molar-refractivity contribution in [2.75, 3.05) is 18.2 Å². The number of nitrogens with zero attached hydrogens (tertiary/aromatic N) is 1. The molecule has 1 fully saturated rings. The molecular formula is C9H16N2O3S. The zero-order chi connectivity index (χ0) is 11.3. The summed E-state index contributed by atoms with van der Waals surface area (Å²) >= 11 is 1.49. The summed E-state index contributed by atoms with van der Waals surface area (Å²) in [5.41, 5.74) is 5.32. The average molecular weight is 232 g/mol. The number of nitrogens with two attached hydrogens (primary N) is 1. The van der Waals surface area contributed by atoms with Crippen LogP contribution in [-0.4, -0.2) is 46.1 Å². The minimum Gasteiger partial charge on any atom is -0.480 e. The lowest BCUT2D eigenvalue weighted by molar-refractivity contribution is -0.147.